The smallest absolute Gasteiger partial charge is 0.191 e. The van der Waals surface area contributed by atoms with E-state index < -0.39 is 9.84 Å². The second-order valence-corrected chi connectivity index (χ2v) is 10.0. The molecule has 0 aliphatic carbocycles. The number of aryl methyl sites for hydroxylation is 2. The van der Waals surface area contributed by atoms with Gasteiger partial charge in [0.25, 0.3) is 0 Å². The molecule has 3 rings (SSSR count). The van der Waals surface area contributed by atoms with Crippen molar-refractivity contribution in [2.45, 2.75) is 45.7 Å². The van der Waals surface area contributed by atoms with Crippen LogP contribution in [0.5, 0.6) is 0 Å². The molecular formula is C20H32IN3O3S. The van der Waals surface area contributed by atoms with Crippen LogP contribution in [-0.2, 0) is 21.1 Å². The molecule has 1 atom stereocenters. The van der Waals surface area contributed by atoms with Gasteiger partial charge in [0, 0.05) is 25.8 Å². The Hall–Kier alpha value is -0.870. The molecule has 2 N–H and O–H groups in total. The molecule has 2 heterocycles. The molecule has 158 valence electrons. The van der Waals surface area contributed by atoms with Crippen LogP contribution in [0.1, 0.15) is 36.0 Å². The highest BCUT2D eigenvalue weighted by atomic mass is 127. The predicted molar refractivity (Wildman–Crippen MR) is 124 cm³/mol. The molecule has 28 heavy (non-hydrogen) atoms. The lowest BCUT2D eigenvalue weighted by Gasteiger charge is -2.26. The summed E-state index contributed by atoms with van der Waals surface area (Å²) in [6, 6.07) is 6.76. The number of rotatable bonds is 5. The summed E-state index contributed by atoms with van der Waals surface area (Å²) < 4.78 is 28.8. The molecule has 2 aliphatic heterocycles. The zero-order chi connectivity index (χ0) is 19.3. The summed E-state index contributed by atoms with van der Waals surface area (Å²) in [5.74, 6) is 1.52. The van der Waals surface area contributed by atoms with Crippen molar-refractivity contribution < 1.29 is 13.2 Å². The van der Waals surface area contributed by atoms with E-state index in [2.05, 4.69) is 42.7 Å². The van der Waals surface area contributed by atoms with Gasteiger partial charge in [0.15, 0.2) is 15.8 Å². The largest absolute Gasteiger partial charge is 0.381 e. The van der Waals surface area contributed by atoms with E-state index in [0.29, 0.717) is 24.9 Å². The van der Waals surface area contributed by atoms with Crippen LogP contribution in [0, 0.1) is 19.8 Å². The van der Waals surface area contributed by atoms with Gasteiger partial charge in [-0.05, 0) is 50.2 Å². The number of ether oxygens (including phenoxy) is 1. The van der Waals surface area contributed by atoms with Crippen molar-refractivity contribution in [3.8, 4) is 0 Å². The highest BCUT2D eigenvalue weighted by Gasteiger charge is 2.28. The molecule has 0 radical (unpaired) electrons. The fourth-order valence-corrected chi connectivity index (χ4v) is 5.51. The summed E-state index contributed by atoms with van der Waals surface area (Å²) in [5.41, 5.74) is 3.70. The van der Waals surface area contributed by atoms with E-state index in [1.807, 2.05) is 0 Å². The van der Waals surface area contributed by atoms with Crippen molar-refractivity contribution in [2.75, 3.05) is 31.3 Å². The van der Waals surface area contributed by atoms with Gasteiger partial charge >= 0.3 is 0 Å². The van der Waals surface area contributed by atoms with Gasteiger partial charge in [0.05, 0.1) is 18.1 Å². The summed E-state index contributed by atoms with van der Waals surface area (Å²) in [6.07, 6.45) is 2.65. The molecule has 1 aromatic rings. The molecule has 1 unspecified atom stereocenters. The number of nitrogens with one attached hydrogen (secondary N) is 2. The first-order valence-corrected chi connectivity index (χ1v) is 11.6. The Morgan fingerprint density at radius 1 is 1.21 bits per heavy atom. The first-order valence-electron chi connectivity index (χ1n) is 9.80. The maximum atomic E-state index is 11.7. The maximum absolute atomic E-state index is 11.7. The van der Waals surface area contributed by atoms with Crippen LogP contribution >= 0.6 is 24.0 Å². The van der Waals surface area contributed by atoms with E-state index in [4.69, 9.17) is 9.73 Å². The lowest BCUT2D eigenvalue weighted by Crippen LogP contribution is -2.47. The Bertz CT molecular complexity index is 777. The fraction of sp³-hybridized carbons (Fsp3) is 0.650. The number of halogens is 1. The SMILES string of the molecule is Cc1ccc(CN=C(NCC2CCS(=O)(=O)C2)NC2CCOCC2)c(C)c1.I. The third-order valence-corrected chi connectivity index (χ3v) is 7.19. The highest BCUT2D eigenvalue weighted by Crippen LogP contribution is 2.17. The van der Waals surface area contributed by atoms with Gasteiger partial charge in [0.1, 0.15) is 0 Å². The summed E-state index contributed by atoms with van der Waals surface area (Å²) in [7, 11) is -2.85. The topological polar surface area (TPSA) is 79.8 Å². The number of sulfone groups is 1. The lowest BCUT2D eigenvalue weighted by atomic mass is 10.1. The first-order chi connectivity index (χ1) is 12.9. The van der Waals surface area contributed by atoms with E-state index in [9.17, 15) is 8.42 Å². The normalized spacial score (nSPS) is 22.5. The molecule has 2 aliphatic rings. The molecule has 2 fully saturated rings. The quantitative estimate of drug-likeness (QED) is 0.354. The molecule has 0 spiro atoms. The highest BCUT2D eigenvalue weighted by molar-refractivity contribution is 14.0. The Morgan fingerprint density at radius 2 is 1.96 bits per heavy atom. The van der Waals surface area contributed by atoms with Crippen LogP contribution in [0.2, 0.25) is 0 Å². The molecule has 0 amide bonds. The van der Waals surface area contributed by atoms with Crippen molar-refractivity contribution >= 4 is 39.8 Å². The van der Waals surface area contributed by atoms with Crippen LogP contribution in [0.25, 0.3) is 0 Å². The van der Waals surface area contributed by atoms with E-state index in [0.717, 1.165) is 38.4 Å². The molecule has 2 saturated heterocycles. The number of hydrogen-bond acceptors (Lipinski definition) is 4. The third kappa shape index (κ3) is 7.18. The number of aliphatic imine (C=N–C) groups is 1. The van der Waals surface area contributed by atoms with Crippen molar-refractivity contribution in [1.82, 2.24) is 10.6 Å². The van der Waals surface area contributed by atoms with Crippen molar-refractivity contribution in [2.24, 2.45) is 10.9 Å². The molecular weight excluding hydrogens is 489 g/mol. The molecule has 8 heteroatoms. The Balaban J connectivity index is 0.00000280. The summed E-state index contributed by atoms with van der Waals surface area (Å²) >= 11 is 0. The van der Waals surface area contributed by atoms with Crippen molar-refractivity contribution in [3.05, 3.63) is 34.9 Å². The van der Waals surface area contributed by atoms with Crippen LogP contribution in [0.4, 0.5) is 0 Å². The average molecular weight is 521 g/mol. The monoisotopic (exact) mass is 521 g/mol. The van der Waals surface area contributed by atoms with Gasteiger partial charge in [-0.1, -0.05) is 23.8 Å². The zero-order valence-electron chi connectivity index (χ0n) is 16.7. The minimum Gasteiger partial charge on any atom is -0.381 e. The van der Waals surface area contributed by atoms with Crippen LogP contribution < -0.4 is 10.6 Å². The predicted octanol–water partition coefficient (Wildman–Crippen LogP) is 2.57. The summed E-state index contributed by atoms with van der Waals surface area (Å²) in [5, 5.41) is 6.89. The van der Waals surface area contributed by atoms with E-state index in [1.54, 1.807) is 0 Å². The van der Waals surface area contributed by atoms with Crippen molar-refractivity contribution in [1.29, 1.82) is 0 Å². The van der Waals surface area contributed by atoms with E-state index in [-0.39, 0.29) is 35.6 Å². The molecule has 0 bridgehead atoms. The number of hydrogen-bond donors (Lipinski definition) is 2. The molecule has 0 saturated carbocycles. The summed E-state index contributed by atoms with van der Waals surface area (Å²) in [4.78, 5) is 4.78. The van der Waals surface area contributed by atoms with Crippen LogP contribution in [-0.4, -0.2) is 51.7 Å². The Labute approximate surface area is 185 Å². The molecule has 6 nitrogen and oxygen atoms in total. The van der Waals surface area contributed by atoms with E-state index >= 15 is 0 Å². The lowest BCUT2D eigenvalue weighted by molar-refractivity contribution is 0.0822. The minimum absolute atomic E-state index is 0. The second kappa shape index (κ2) is 10.8. The van der Waals surface area contributed by atoms with Gasteiger partial charge in [-0.2, -0.15) is 0 Å². The first kappa shape index (κ1) is 23.4. The number of guanidine groups is 1. The third-order valence-electron chi connectivity index (χ3n) is 5.35. The van der Waals surface area contributed by atoms with Gasteiger partial charge in [0.2, 0.25) is 0 Å². The van der Waals surface area contributed by atoms with Crippen molar-refractivity contribution in [3.63, 3.8) is 0 Å². The molecule has 1 aromatic carbocycles. The van der Waals surface area contributed by atoms with Crippen LogP contribution in [0.15, 0.2) is 23.2 Å². The van der Waals surface area contributed by atoms with Gasteiger partial charge in [-0.15, -0.1) is 24.0 Å². The van der Waals surface area contributed by atoms with E-state index in [1.165, 1.54) is 16.7 Å². The second-order valence-electron chi connectivity index (χ2n) is 7.78. The van der Waals surface area contributed by atoms with Gasteiger partial charge in [-0.25, -0.2) is 13.4 Å². The Kier molecular flexibility index (Phi) is 9.01. The number of nitrogens with zero attached hydrogens (tertiary/aromatic N) is 1. The standard InChI is InChI=1S/C20H31N3O3S.HI/c1-15-3-4-18(16(2)11-15)13-22-20(23-19-5-8-26-9-6-19)21-12-17-7-10-27(24,25)14-17;/h3-4,11,17,19H,5-10,12-14H2,1-2H3,(H2,21,22,23);1H. The average Bonchev–Trinajstić information content (AvgIpc) is 2.98. The Morgan fingerprint density at radius 3 is 2.61 bits per heavy atom. The zero-order valence-corrected chi connectivity index (χ0v) is 19.9. The van der Waals surface area contributed by atoms with Crippen LogP contribution in [0.3, 0.4) is 0 Å². The van der Waals surface area contributed by atoms with Gasteiger partial charge < -0.3 is 15.4 Å². The molecule has 0 aromatic heterocycles. The minimum atomic E-state index is -2.85. The van der Waals surface area contributed by atoms with Gasteiger partial charge in [-0.3, -0.25) is 0 Å². The maximum Gasteiger partial charge on any atom is 0.191 e. The summed E-state index contributed by atoms with van der Waals surface area (Å²) in [6.45, 7) is 6.98. The number of benzene rings is 1. The fourth-order valence-electron chi connectivity index (χ4n) is 3.65.